The van der Waals surface area contributed by atoms with E-state index in [2.05, 4.69) is 30.5 Å². The topological polar surface area (TPSA) is 26.3 Å². The molecule has 1 aliphatic rings. The fourth-order valence-corrected chi connectivity index (χ4v) is 3.43. The number of hydrogen-bond donors (Lipinski definition) is 0. The second kappa shape index (κ2) is 5.56. The molecule has 3 rings (SSSR count). The minimum atomic E-state index is -0.756. The molecule has 2 aromatic carbocycles. The predicted octanol–water partition coefficient (Wildman–Crippen LogP) is 4.42. The lowest BCUT2D eigenvalue weighted by Gasteiger charge is -2.32. The summed E-state index contributed by atoms with van der Waals surface area (Å²) in [7, 11) is 0. The molecule has 3 heteroatoms. The van der Waals surface area contributed by atoms with Crippen LogP contribution in [-0.4, -0.2) is 17.6 Å². The van der Waals surface area contributed by atoms with Gasteiger partial charge in [-0.25, -0.2) is 0 Å². The third-order valence-electron chi connectivity index (χ3n) is 4.31. The number of benzene rings is 2. The normalized spacial score (nSPS) is 23.7. The van der Waals surface area contributed by atoms with Crippen molar-refractivity contribution in [1.82, 2.24) is 0 Å². The summed E-state index contributed by atoms with van der Waals surface area (Å²) in [4.78, 5) is 13.7. The third-order valence-corrected chi connectivity index (χ3v) is 5.05. The standard InChI is InChI=1S/C19H20O2S/c1-18(2)17(20)13-19(21-18,14-7-5-4-6-8-14)15-9-11-16(22-3)12-10-15/h4-12H,13H2,1-3H3. The Morgan fingerprint density at radius 1 is 0.955 bits per heavy atom. The fraction of sp³-hybridized carbons (Fsp3) is 0.316. The highest BCUT2D eigenvalue weighted by atomic mass is 32.2. The van der Waals surface area contributed by atoms with Crippen LogP contribution in [0.5, 0.6) is 0 Å². The van der Waals surface area contributed by atoms with Crippen LogP contribution in [-0.2, 0) is 15.1 Å². The lowest BCUT2D eigenvalue weighted by atomic mass is 9.83. The summed E-state index contributed by atoms with van der Waals surface area (Å²) in [6.45, 7) is 3.71. The van der Waals surface area contributed by atoms with Gasteiger partial charge in [0.15, 0.2) is 5.78 Å². The molecular weight excluding hydrogens is 292 g/mol. The molecule has 1 atom stereocenters. The molecule has 1 saturated heterocycles. The molecule has 0 amide bonds. The van der Waals surface area contributed by atoms with Crippen LogP contribution < -0.4 is 0 Å². The lowest BCUT2D eigenvalue weighted by Crippen LogP contribution is -2.32. The highest BCUT2D eigenvalue weighted by Gasteiger charge is 2.52. The van der Waals surface area contributed by atoms with Crippen molar-refractivity contribution in [2.75, 3.05) is 6.26 Å². The van der Waals surface area contributed by atoms with Crippen LogP contribution >= 0.6 is 11.8 Å². The summed E-state index contributed by atoms with van der Waals surface area (Å²) in [6, 6.07) is 18.4. The number of rotatable bonds is 3. The number of hydrogen-bond acceptors (Lipinski definition) is 3. The molecule has 0 saturated carbocycles. The van der Waals surface area contributed by atoms with Gasteiger partial charge in [0.05, 0.1) is 0 Å². The van der Waals surface area contributed by atoms with E-state index >= 15 is 0 Å². The maximum atomic E-state index is 12.5. The molecule has 0 radical (unpaired) electrons. The van der Waals surface area contributed by atoms with Crippen LogP contribution in [0.25, 0.3) is 0 Å². The molecule has 0 spiro atoms. The quantitative estimate of drug-likeness (QED) is 0.785. The average Bonchev–Trinajstić information content (AvgIpc) is 2.79. The van der Waals surface area contributed by atoms with Crippen molar-refractivity contribution < 1.29 is 9.53 Å². The van der Waals surface area contributed by atoms with Crippen molar-refractivity contribution in [3.63, 3.8) is 0 Å². The van der Waals surface area contributed by atoms with E-state index in [-0.39, 0.29) is 5.78 Å². The van der Waals surface area contributed by atoms with Crippen LogP contribution in [0.3, 0.4) is 0 Å². The van der Waals surface area contributed by atoms with Gasteiger partial charge in [0.1, 0.15) is 11.2 Å². The Morgan fingerprint density at radius 3 is 2.05 bits per heavy atom. The molecule has 22 heavy (non-hydrogen) atoms. The van der Waals surface area contributed by atoms with E-state index in [1.165, 1.54) is 4.90 Å². The Morgan fingerprint density at radius 2 is 1.55 bits per heavy atom. The first-order valence-corrected chi connectivity index (χ1v) is 8.64. The maximum absolute atomic E-state index is 12.5. The van der Waals surface area contributed by atoms with Gasteiger partial charge < -0.3 is 4.74 Å². The summed E-state index contributed by atoms with van der Waals surface area (Å²) in [5.41, 5.74) is 0.633. The van der Waals surface area contributed by atoms with Gasteiger partial charge in [0.25, 0.3) is 0 Å². The first-order chi connectivity index (χ1) is 10.5. The Labute approximate surface area is 135 Å². The number of ether oxygens (including phenoxy) is 1. The number of thioether (sulfide) groups is 1. The summed E-state index contributed by atoms with van der Waals surface area (Å²) >= 11 is 1.71. The molecule has 0 N–H and O–H groups in total. The van der Waals surface area contributed by atoms with Crippen LogP contribution in [0.1, 0.15) is 31.4 Å². The van der Waals surface area contributed by atoms with Gasteiger partial charge >= 0.3 is 0 Å². The number of Topliss-reactive ketones (excluding diaryl/α,β-unsaturated/α-hetero) is 1. The van der Waals surface area contributed by atoms with E-state index < -0.39 is 11.2 Å². The largest absolute Gasteiger partial charge is 0.351 e. The van der Waals surface area contributed by atoms with Gasteiger partial charge in [-0.05, 0) is 43.4 Å². The third kappa shape index (κ3) is 2.49. The molecule has 114 valence electrons. The molecule has 1 aliphatic heterocycles. The molecule has 1 heterocycles. The molecule has 0 bridgehead atoms. The minimum absolute atomic E-state index is 0.144. The molecule has 1 unspecified atom stereocenters. The van der Waals surface area contributed by atoms with E-state index in [0.29, 0.717) is 6.42 Å². The van der Waals surface area contributed by atoms with Gasteiger partial charge in [0.2, 0.25) is 0 Å². The van der Waals surface area contributed by atoms with Crippen LogP contribution in [0.2, 0.25) is 0 Å². The smallest absolute Gasteiger partial charge is 0.167 e. The SMILES string of the molecule is CSc1ccc(C2(c3ccccc3)CC(=O)C(C)(C)O2)cc1. The monoisotopic (exact) mass is 312 g/mol. The van der Waals surface area contributed by atoms with Crippen LogP contribution in [0.4, 0.5) is 0 Å². The molecular formula is C19H20O2S. The van der Waals surface area contributed by atoms with E-state index in [9.17, 15) is 4.79 Å². The van der Waals surface area contributed by atoms with Crippen LogP contribution in [0.15, 0.2) is 59.5 Å². The highest BCUT2D eigenvalue weighted by Crippen LogP contribution is 2.47. The van der Waals surface area contributed by atoms with Crippen molar-refractivity contribution >= 4 is 17.5 Å². The molecule has 0 aliphatic carbocycles. The van der Waals surface area contributed by atoms with Crippen molar-refractivity contribution in [3.8, 4) is 0 Å². The Balaban J connectivity index is 2.14. The summed E-state index contributed by atoms with van der Waals surface area (Å²) < 4.78 is 6.34. The number of carbonyl (C=O) groups is 1. The zero-order valence-electron chi connectivity index (χ0n) is 13.1. The molecule has 0 aromatic heterocycles. The van der Waals surface area contributed by atoms with Gasteiger partial charge in [-0.2, -0.15) is 0 Å². The van der Waals surface area contributed by atoms with E-state index in [0.717, 1.165) is 11.1 Å². The van der Waals surface area contributed by atoms with Crippen molar-refractivity contribution in [3.05, 3.63) is 65.7 Å². The summed E-state index contributed by atoms with van der Waals surface area (Å²) in [5, 5.41) is 0. The number of carbonyl (C=O) groups excluding carboxylic acids is 1. The molecule has 1 fully saturated rings. The van der Waals surface area contributed by atoms with E-state index in [1.807, 2.05) is 44.2 Å². The number of ketones is 1. The zero-order valence-corrected chi connectivity index (χ0v) is 13.9. The Hall–Kier alpha value is -1.58. The van der Waals surface area contributed by atoms with E-state index in [4.69, 9.17) is 4.74 Å². The van der Waals surface area contributed by atoms with Gasteiger partial charge in [-0.15, -0.1) is 11.8 Å². The van der Waals surface area contributed by atoms with E-state index in [1.54, 1.807) is 11.8 Å². The molecule has 2 aromatic rings. The Kier molecular flexibility index (Phi) is 3.87. The zero-order chi connectivity index (χ0) is 15.8. The highest BCUT2D eigenvalue weighted by molar-refractivity contribution is 7.98. The first-order valence-electron chi connectivity index (χ1n) is 7.41. The summed E-state index contributed by atoms with van der Waals surface area (Å²) in [6.07, 6.45) is 2.43. The first kappa shape index (κ1) is 15.3. The van der Waals surface area contributed by atoms with Gasteiger partial charge in [-0.1, -0.05) is 42.5 Å². The Bertz CT molecular complexity index is 676. The van der Waals surface area contributed by atoms with Gasteiger partial charge in [-0.3, -0.25) is 4.79 Å². The molecule has 2 nitrogen and oxygen atoms in total. The maximum Gasteiger partial charge on any atom is 0.167 e. The predicted molar refractivity (Wildman–Crippen MR) is 90.2 cm³/mol. The fourth-order valence-electron chi connectivity index (χ4n) is 3.02. The van der Waals surface area contributed by atoms with Crippen molar-refractivity contribution in [1.29, 1.82) is 0 Å². The van der Waals surface area contributed by atoms with Crippen molar-refractivity contribution in [2.45, 2.75) is 36.4 Å². The van der Waals surface area contributed by atoms with Crippen molar-refractivity contribution in [2.24, 2.45) is 0 Å². The minimum Gasteiger partial charge on any atom is -0.351 e. The second-order valence-corrected chi connectivity index (χ2v) is 7.01. The second-order valence-electron chi connectivity index (χ2n) is 6.13. The summed E-state index contributed by atoms with van der Waals surface area (Å²) in [5.74, 6) is 0.144. The van der Waals surface area contributed by atoms with Crippen LogP contribution in [0, 0.1) is 0 Å². The average molecular weight is 312 g/mol. The van der Waals surface area contributed by atoms with Gasteiger partial charge in [0, 0.05) is 11.3 Å². The lowest BCUT2D eigenvalue weighted by molar-refractivity contribution is -0.132.